The van der Waals surface area contributed by atoms with Crippen LogP contribution in [0.2, 0.25) is 0 Å². The fraction of sp³-hybridized carbons (Fsp3) is 0.889. The van der Waals surface area contributed by atoms with Crippen molar-refractivity contribution in [1.29, 1.82) is 0 Å². The summed E-state index contributed by atoms with van der Waals surface area (Å²) in [5.74, 6) is 0.851. The minimum absolute atomic E-state index is 0. The standard InChI is InChI=1S/C9H18N2O.ClH/c1-8(12)11-6-4-9-3-2-5-10-7-9;/h9-10H,2-7H2,1H3,(H,11,12);1H. The molecule has 1 heterocycles. The van der Waals surface area contributed by atoms with Crippen molar-refractivity contribution in [2.45, 2.75) is 26.2 Å². The Morgan fingerprint density at radius 2 is 2.38 bits per heavy atom. The zero-order chi connectivity index (χ0) is 8.81. The molecule has 0 spiro atoms. The molecule has 0 aliphatic carbocycles. The van der Waals surface area contributed by atoms with Crippen molar-refractivity contribution in [3.05, 3.63) is 0 Å². The van der Waals surface area contributed by atoms with Crippen LogP contribution in [0.3, 0.4) is 0 Å². The molecule has 0 aromatic carbocycles. The minimum atomic E-state index is 0. The van der Waals surface area contributed by atoms with E-state index in [0.29, 0.717) is 0 Å². The molecule has 1 fully saturated rings. The lowest BCUT2D eigenvalue weighted by atomic mass is 9.96. The SMILES string of the molecule is CC(=O)NCCC1CCCNC1.Cl. The summed E-state index contributed by atoms with van der Waals surface area (Å²) >= 11 is 0. The molecule has 0 bridgehead atoms. The first kappa shape index (κ1) is 12.7. The molecule has 1 amide bonds. The van der Waals surface area contributed by atoms with E-state index in [4.69, 9.17) is 0 Å². The van der Waals surface area contributed by atoms with Crippen LogP contribution < -0.4 is 10.6 Å². The van der Waals surface area contributed by atoms with E-state index in [1.807, 2.05) is 0 Å². The number of hydrogen-bond acceptors (Lipinski definition) is 2. The largest absolute Gasteiger partial charge is 0.356 e. The van der Waals surface area contributed by atoms with E-state index in [1.54, 1.807) is 6.92 Å². The predicted molar refractivity (Wildman–Crippen MR) is 56.1 cm³/mol. The maximum Gasteiger partial charge on any atom is 0.216 e. The summed E-state index contributed by atoms with van der Waals surface area (Å²) in [5.41, 5.74) is 0. The fourth-order valence-corrected chi connectivity index (χ4v) is 1.62. The molecular formula is C9H19ClN2O. The van der Waals surface area contributed by atoms with Crippen LogP contribution in [0, 0.1) is 5.92 Å². The lowest BCUT2D eigenvalue weighted by Gasteiger charge is -2.22. The number of rotatable bonds is 3. The van der Waals surface area contributed by atoms with Crippen molar-refractivity contribution >= 4 is 18.3 Å². The van der Waals surface area contributed by atoms with Crippen LogP contribution >= 0.6 is 12.4 Å². The summed E-state index contributed by atoms with van der Waals surface area (Å²) in [6.07, 6.45) is 3.71. The van der Waals surface area contributed by atoms with Crippen molar-refractivity contribution in [2.75, 3.05) is 19.6 Å². The van der Waals surface area contributed by atoms with Gasteiger partial charge in [0.25, 0.3) is 0 Å². The van der Waals surface area contributed by atoms with E-state index >= 15 is 0 Å². The Kier molecular flexibility index (Phi) is 7.00. The summed E-state index contributed by atoms with van der Waals surface area (Å²) < 4.78 is 0. The molecule has 13 heavy (non-hydrogen) atoms. The molecule has 0 radical (unpaired) electrons. The number of amides is 1. The van der Waals surface area contributed by atoms with Crippen LogP contribution in [0.5, 0.6) is 0 Å². The van der Waals surface area contributed by atoms with E-state index in [9.17, 15) is 4.79 Å². The van der Waals surface area contributed by atoms with Gasteiger partial charge in [-0.2, -0.15) is 0 Å². The van der Waals surface area contributed by atoms with Crippen LogP contribution in [0.4, 0.5) is 0 Å². The van der Waals surface area contributed by atoms with Gasteiger partial charge in [-0.3, -0.25) is 4.79 Å². The van der Waals surface area contributed by atoms with Gasteiger partial charge >= 0.3 is 0 Å². The highest BCUT2D eigenvalue weighted by molar-refractivity contribution is 5.85. The molecule has 0 aromatic heterocycles. The average molecular weight is 207 g/mol. The number of hydrogen-bond donors (Lipinski definition) is 2. The second kappa shape index (κ2) is 7.15. The second-order valence-electron chi connectivity index (χ2n) is 3.48. The highest BCUT2D eigenvalue weighted by atomic mass is 35.5. The molecule has 1 aliphatic heterocycles. The molecule has 1 saturated heterocycles. The van der Waals surface area contributed by atoms with E-state index in [0.717, 1.165) is 32.0 Å². The van der Waals surface area contributed by atoms with Crippen LogP contribution in [-0.4, -0.2) is 25.5 Å². The highest BCUT2D eigenvalue weighted by Crippen LogP contribution is 2.12. The maximum absolute atomic E-state index is 10.6. The van der Waals surface area contributed by atoms with Crippen LogP contribution in [0.1, 0.15) is 26.2 Å². The van der Waals surface area contributed by atoms with Crippen molar-refractivity contribution < 1.29 is 4.79 Å². The average Bonchev–Trinajstić information content (AvgIpc) is 2.05. The van der Waals surface area contributed by atoms with Crippen molar-refractivity contribution in [3.63, 3.8) is 0 Å². The Balaban J connectivity index is 0.00000144. The second-order valence-corrected chi connectivity index (χ2v) is 3.48. The number of carbonyl (C=O) groups is 1. The Labute approximate surface area is 86.1 Å². The summed E-state index contributed by atoms with van der Waals surface area (Å²) in [5, 5.41) is 6.19. The molecule has 1 unspecified atom stereocenters. The smallest absolute Gasteiger partial charge is 0.216 e. The van der Waals surface area contributed by atoms with E-state index in [-0.39, 0.29) is 18.3 Å². The molecule has 0 saturated carbocycles. The first-order valence-corrected chi connectivity index (χ1v) is 4.74. The lowest BCUT2D eigenvalue weighted by molar-refractivity contribution is -0.119. The van der Waals surface area contributed by atoms with Gasteiger partial charge in [0.2, 0.25) is 5.91 Å². The van der Waals surface area contributed by atoms with Gasteiger partial charge in [0.1, 0.15) is 0 Å². The molecule has 3 nitrogen and oxygen atoms in total. The topological polar surface area (TPSA) is 41.1 Å². The summed E-state index contributed by atoms with van der Waals surface area (Å²) in [6.45, 7) is 4.69. The molecule has 1 aliphatic rings. The van der Waals surface area contributed by atoms with Crippen LogP contribution in [0.25, 0.3) is 0 Å². The van der Waals surface area contributed by atoms with E-state index in [2.05, 4.69) is 10.6 Å². The third-order valence-electron chi connectivity index (χ3n) is 2.33. The predicted octanol–water partition coefficient (Wildman–Crippen LogP) is 0.934. The molecular weight excluding hydrogens is 188 g/mol. The van der Waals surface area contributed by atoms with Gasteiger partial charge in [0.15, 0.2) is 0 Å². The van der Waals surface area contributed by atoms with Crippen LogP contribution in [0.15, 0.2) is 0 Å². The van der Waals surface area contributed by atoms with Crippen LogP contribution in [-0.2, 0) is 4.79 Å². The van der Waals surface area contributed by atoms with E-state index in [1.165, 1.54) is 12.8 Å². The zero-order valence-electron chi connectivity index (χ0n) is 8.14. The summed E-state index contributed by atoms with van der Waals surface area (Å²) in [6, 6.07) is 0. The molecule has 0 aromatic rings. The molecule has 2 N–H and O–H groups in total. The van der Waals surface area contributed by atoms with Gasteiger partial charge < -0.3 is 10.6 Å². The van der Waals surface area contributed by atoms with Gasteiger partial charge in [-0.15, -0.1) is 12.4 Å². The Bertz CT molecular complexity index is 147. The fourth-order valence-electron chi connectivity index (χ4n) is 1.62. The molecule has 78 valence electrons. The zero-order valence-corrected chi connectivity index (χ0v) is 8.95. The van der Waals surface area contributed by atoms with Gasteiger partial charge in [0, 0.05) is 13.5 Å². The maximum atomic E-state index is 10.6. The normalized spacial score (nSPS) is 21.8. The number of halogens is 1. The first-order chi connectivity index (χ1) is 5.79. The Morgan fingerprint density at radius 3 is 2.92 bits per heavy atom. The van der Waals surface area contributed by atoms with Gasteiger partial charge in [-0.05, 0) is 38.3 Å². The molecule has 4 heteroatoms. The Hall–Kier alpha value is -0.280. The molecule has 1 atom stereocenters. The van der Waals surface area contributed by atoms with Gasteiger partial charge in [0.05, 0.1) is 0 Å². The summed E-state index contributed by atoms with van der Waals surface area (Å²) in [7, 11) is 0. The van der Waals surface area contributed by atoms with Crippen molar-refractivity contribution in [3.8, 4) is 0 Å². The summed E-state index contributed by atoms with van der Waals surface area (Å²) in [4.78, 5) is 10.6. The quantitative estimate of drug-likeness (QED) is 0.722. The minimum Gasteiger partial charge on any atom is -0.356 e. The monoisotopic (exact) mass is 206 g/mol. The Morgan fingerprint density at radius 1 is 1.62 bits per heavy atom. The van der Waals surface area contributed by atoms with Crippen molar-refractivity contribution in [2.24, 2.45) is 5.92 Å². The third-order valence-corrected chi connectivity index (χ3v) is 2.33. The molecule has 1 rings (SSSR count). The third kappa shape index (κ3) is 5.88. The lowest BCUT2D eigenvalue weighted by Crippen LogP contribution is -2.32. The first-order valence-electron chi connectivity index (χ1n) is 4.74. The number of piperidine rings is 1. The van der Waals surface area contributed by atoms with Gasteiger partial charge in [-0.1, -0.05) is 0 Å². The highest BCUT2D eigenvalue weighted by Gasteiger charge is 2.11. The van der Waals surface area contributed by atoms with Gasteiger partial charge in [-0.25, -0.2) is 0 Å². The van der Waals surface area contributed by atoms with Crippen molar-refractivity contribution in [1.82, 2.24) is 10.6 Å². The number of carbonyl (C=O) groups excluding carboxylic acids is 1. The van der Waals surface area contributed by atoms with E-state index < -0.39 is 0 Å². The number of nitrogens with one attached hydrogen (secondary N) is 2.